The molecule has 0 aliphatic carbocycles. The normalized spacial score (nSPS) is 11.4. The Morgan fingerprint density at radius 1 is 1.43 bits per heavy atom. The van der Waals surface area contributed by atoms with E-state index in [4.69, 9.17) is 12.2 Å². The molecule has 0 saturated heterocycles. The second-order valence-corrected chi connectivity index (χ2v) is 6.12. The smallest absolute Gasteiger partial charge is 0.184 e. The zero-order valence-corrected chi connectivity index (χ0v) is 14.1. The molecule has 0 atom stereocenters. The number of hydrogen-bond acceptors (Lipinski definition) is 2. The number of aromatic amines is 1. The van der Waals surface area contributed by atoms with Crippen molar-refractivity contribution in [1.29, 1.82) is 0 Å². The lowest BCUT2D eigenvalue weighted by atomic mass is 10.2. The van der Waals surface area contributed by atoms with Crippen LogP contribution >= 0.6 is 28.1 Å². The lowest BCUT2D eigenvalue weighted by Crippen LogP contribution is -2.01. The number of nitrogens with one attached hydrogen (secondary N) is 1. The lowest BCUT2D eigenvalue weighted by Gasteiger charge is -2.05. The van der Waals surface area contributed by atoms with Crippen LogP contribution < -0.4 is 0 Å². The monoisotopic (exact) mass is 368 g/mol. The summed E-state index contributed by atoms with van der Waals surface area (Å²) in [6.07, 6.45) is 1.88. The van der Waals surface area contributed by atoms with Gasteiger partial charge in [0.1, 0.15) is 11.3 Å². The number of aromatic nitrogens is 4. The molecule has 1 aromatic carbocycles. The standard InChI is InChI=1S/C14H14BrFN4S/c1-3-4-11-12-13(19(2)18-11)20(14(21)17-12)8-5-6-9(15)10(16)7-8/h5-7H,3-4H2,1-2H3,(H,17,21). The predicted molar refractivity (Wildman–Crippen MR) is 86.9 cm³/mol. The summed E-state index contributed by atoms with van der Waals surface area (Å²) in [5.74, 6) is -0.320. The van der Waals surface area contributed by atoms with Crippen molar-refractivity contribution in [3.8, 4) is 5.69 Å². The molecule has 0 amide bonds. The molecular formula is C14H14BrFN4S. The molecule has 0 bridgehead atoms. The third-order valence-electron chi connectivity index (χ3n) is 3.38. The number of nitrogens with zero attached hydrogens (tertiary/aromatic N) is 3. The molecule has 1 N–H and O–H groups in total. The second kappa shape index (κ2) is 5.38. The second-order valence-electron chi connectivity index (χ2n) is 4.88. The van der Waals surface area contributed by atoms with E-state index in [0.717, 1.165) is 29.7 Å². The van der Waals surface area contributed by atoms with Crippen LogP contribution in [0.4, 0.5) is 4.39 Å². The average molecular weight is 369 g/mol. The van der Waals surface area contributed by atoms with Crippen LogP contribution in [0.5, 0.6) is 0 Å². The maximum atomic E-state index is 13.8. The summed E-state index contributed by atoms with van der Waals surface area (Å²) in [5.41, 5.74) is 3.44. The Morgan fingerprint density at radius 3 is 2.86 bits per heavy atom. The molecule has 0 aliphatic rings. The van der Waals surface area contributed by atoms with Crippen molar-refractivity contribution in [1.82, 2.24) is 19.3 Å². The van der Waals surface area contributed by atoms with Gasteiger partial charge in [0.15, 0.2) is 10.4 Å². The summed E-state index contributed by atoms with van der Waals surface area (Å²) < 4.78 is 18.4. The van der Waals surface area contributed by atoms with E-state index < -0.39 is 0 Å². The minimum Gasteiger partial charge on any atom is -0.327 e. The van der Waals surface area contributed by atoms with Crippen LogP contribution in [0.15, 0.2) is 22.7 Å². The third-order valence-corrected chi connectivity index (χ3v) is 4.31. The molecule has 3 aromatic rings. The van der Waals surface area contributed by atoms with Crippen molar-refractivity contribution in [2.24, 2.45) is 7.05 Å². The molecule has 0 unspecified atom stereocenters. The van der Waals surface area contributed by atoms with E-state index in [1.165, 1.54) is 6.07 Å². The van der Waals surface area contributed by atoms with Gasteiger partial charge >= 0.3 is 0 Å². The van der Waals surface area contributed by atoms with Gasteiger partial charge in [0.25, 0.3) is 0 Å². The molecule has 0 radical (unpaired) electrons. The third kappa shape index (κ3) is 2.34. The Balaban J connectivity index is 2.29. The SMILES string of the molecule is CCCc1nn(C)c2c1[nH]c(=S)n2-c1ccc(Br)c(F)c1. The number of H-pyrrole nitrogens is 1. The number of hydrogen-bond donors (Lipinski definition) is 1. The lowest BCUT2D eigenvalue weighted by molar-refractivity contribution is 0.619. The first-order valence-electron chi connectivity index (χ1n) is 6.65. The minimum atomic E-state index is -0.320. The molecule has 0 fully saturated rings. The van der Waals surface area contributed by atoms with E-state index in [9.17, 15) is 4.39 Å². The van der Waals surface area contributed by atoms with Gasteiger partial charge < -0.3 is 4.98 Å². The van der Waals surface area contributed by atoms with Crippen LogP contribution in [-0.4, -0.2) is 19.3 Å². The zero-order chi connectivity index (χ0) is 15.1. The van der Waals surface area contributed by atoms with Crippen molar-refractivity contribution >= 4 is 39.3 Å². The number of rotatable bonds is 3. The Hall–Kier alpha value is -1.47. The largest absolute Gasteiger partial charge is 0.327 e. The summed E-state index contributed by atoms with van der Waals surface area (Å²) >= 11 is 8.56. The molecule has 2 aromatic heterocycles. The van der Waals surface area contributed by atoms with Crippen LogP contribution in [0.25, 0.3) is 16.9 Å². The fourth-order valence-electron chi connectivity index (χ4n) is 2.49. The number of aryl methyl sites for hydroxylation is 2. The van der Waals surface area contributed by atoms with Gasteiger partial charge in [-0.15, -0.1) is 0 Å². The Kier molecular flexibility index (Phi) is 3.71. The maximum Gasteiger partial charge on any atom is 0.184 e. The fourth-order valence-corrected chi connectivity index (χ4v) is 3.03. The summed E-state index contributed by atoms with van der Waals surface area (Å²) in [4.78, 5) is 3.19. The zero-order valence-electron chi connectivity index (χ0n) is 11.7. The van der Waals surface area contributed by atoms with Gasteiger partial charge in [0.05, 0.1) is 15.9 Å². The highest BCUT2D eigenvalue weighted by Gasteiger charge is 2.16. The molecule has 0 aliphatic heterocycles. The van der Waals surface area contributed by atoms with Gasteiger partial charge in [-0.1, -0.05) is 13.3 Å². The van der Waals surface area contributed by atoms with Crippen molar-refractivity contribution in [3.05, 3.63) is 39.0 Å². The molecule has 110 valence electrons. The summed E-state index contributed by atoms with van der Waals surface area (Å²) in [6, 6.07) is 4.96. The first-order chi connectivity index (χ1) is 10.0. The Bertz CT molecular complexity index is 877. The van der Waals surface area contributed by atoms with Crippen molar-refractivity contribution in [2.75, 3.05) is 0 Å². The maximum absolute atomic E-state index is 13.8. The van der Waals surface area contributed by atoms with Crippen LogP contribution in [0, 0.1) is 10.6 Å². The molecule has 0 spiro atoms. The highest BCUT2D eigenvalue weighted by molar-refractivity contribution is 9.10. The number of imidazole rings is 1. The molecular weight excluding hydrogens is 355 g/mol. The summed E-state index contributed by atoms with van der Waals surface area (Å²) in [6.45, 7) is 2.11. The van der Waals surface area contributed by atoms with Gasteiger partial charge in [0, 0.05) is 7.05 Å². The molecule has 0 saturated carbocycles. The first-order valence-corrected chi connectivity index (χ1v) is 7.85. The highest BCUT2D eigenvalue weighted by Crippen LogP contribution is 2.25. The molecule has 7 heteroatoms. The number of halogens is 2. The van der Waals surface area contributed by atoms with Crippen molar-refractivity contribution < 1.29 is 4.39 Å². The van der Waals surface area contributed by atoms with Crippen molar-refractivity contribution in [2.45, 2.75) is 19.8 Å². The van der Waals surface area contributed by atoms with E-state index in [1.807, 2.05) is 17.7 Å². The molecule has 21 heavy (non-hydrogen) atoms. The topological polar surface area (TPSA) is 38.5 Å². The fraction of sp³-hybridized carbons (Fsp3) is 0.286. The van der Waals surface area contributed by atoms with Gasteiger partial charge in [-0.2, -0.15) is 5.10 Å². The van der Waals surface area contributed by atoms with Crippen molar-refractivity contribution in [3.63, 3.8) is 0 Å². The highest BCUT2D eigenvalue weighted by atomic mass is 79.9. The van der Waals surface area contributed by atoms with E-state index in [2.05, 4.69) is 32.9 Å². The van der Waals surface area contributed by atoms with Crippen LogP contribution in [0.2, 0.25) is 0 Å². The Morgan fingerprint density at radius 2 is 2.19 bits per heavy atom. The molecule has 4 nitrogen and oxygen atoms in total. The van der Waals surface area contributed by atoms with Crippen LogP contribution in [0.3, 0.4) is 0 Å². The van der Waals surface area contributed by atoms with Gasteiger partial charge in [-0.3, -0.25) is 4.57 Å². The first kappa shape index (κ1) is 14.5. The van der Waals surface area contributed by atoms with Gasteiger partial charge in [0.2, 0.25) is 0 Å². The van der Waals surface area contributed by atoms with Gasteiger partial charge in [-0.05, 0) is 52.8 Å². The summed E-state index contributed by atoms with van der Waals surface area (Å²) in [7, 11) is 1.87. The minimum absolute atomic E-state index is 0.320. The van der Waals surface area contributed by atoms with Crippen LogP contribution in [0.1, 0.15) is 19.0 Å². The quantitative estimate of drug-likeness (QED) is 0.700. The predicted octanol–water partition coefficient (Wildman–Crippen LogP) is 4.28. The van der Waals surface area contributed by atoms with E-state index in [1.54, 1.807) is 10.7 Å². The number of benzene rings is 1. The van der Waals surface area contributed by atoms with E-state index >= 15 is 0 Å². The molecule has 3 rings (SSSR count). The average Bonchev–Trinajstić information content (AvgIpc) is 2.92. The molecule has 2 heterocycles. The Labute approximate surface area is 134 Å². The van der Waals surface area contributed by atoms with Crippen LogP contribution in [-0.2, 0) is 13.5 Å². The summed E-state index contributed by atoms with van der Waals surface area (Å²) in [5, 5.41) is 4.52. The van der Waals surface area contributed by atoms with Gasteiger partial charge in [-0.25, -0.2) is 9.07 Å². The number of fused-ring (bicyclic) bond motifs is 1. The van der Waals surface area contributed by atoms with E-state index in [0.29, 0.717) is 14.9 Å². The van der Waals surface area contributed by atoms with E-state index in [-0.39, 0.29) is 5.82 Å².